The predicted octanol–water partition coefficient (Wildman–Crippen LogP) is 1.51. The molecule has 0 amide bonds. The highest BCUT2D eigenvalue weighted by atomic mass is 16.5. The van der Waals surface area contributed by atoms with Crippen LogP contribution in [0.2, 0.25) is 0 Å². The molecular weight excluding hydrogens is 138 g/mol. The molecule has 0 aliphatic heterocycles. The Kier molecular flexibility index (Phi) is 3.08. The van der Waals surface area contributed by atoms with Gasteiger partial charge in [0, 0.05) is 0 Å². The highest BCUT2D eigenvalue weighted by Gasteiger charge is 1.93. The van der Waals surface area contributed by atoms with Gasteiger partial charge < -0.3 is 10.5 Å². The van der Waals surface area contributed by atoms with Crippen molar-refractivity contribution in [1.29, 1.82) is 0 Å². The third-order valence-electron chi connectivity index (χ3n) is 1.36. The topological polar surface area (TPSA) is 35.2 Å². The van der Waals surface area contributed by atoms with Crippen molar-refractivity contribution < 1.29 is 4.74 Å². The third-order valence-corrected chi connectivity index (χ3v) is 1.36. The molecule has 0 bridgehead atoms. The molecule has 0 aliphatic rings. The van der Waals surface area contributed by atoms with E-state index in [1.54, 1.807) is 0 Å². The van der Waals surface area contributed by atoms with Crippen molar-refractivity contribution in [3.05, 3.63) is 35.9 Å². The first-order chi connectivity index (χ1) is 5.29. The first-order valence-electron chi connectivity index (χ1n) is 3.70. The van der Waals surface area contributed by atoms with E-state index in [0.29, 0.717) is 6.61 Å². The van der Waals surface area contributed by atoms with Gasteiger partial charge in [-0.05, 0) is 12.5 Å². The van der Waals surface area contributed by atoms with Gasteiger partial charge in [-0.25, -0.2) is 0 Å². The zero-order chi connectivity index (χ0) is 8.10. The molecule has 0 heterocycles. The van der Waals surface area contributed by atoms with Crippen molar-refractivity contribution in [2.75, 3.05) is 0 Å². The highest BCUT2D eigenvalue weighted by molar-refractivity contribution is 5.13. The standard InChI is InChI=1S/C9H13NO/c1-8(10)11-7-9-5-3-2-4-6-9/h2-6,8H,7,10H2,1H3/t8-/m1/s1. The summed E-state index contributed by atoms with van der Waals surface area (Å²) in [5, 5.41) is 0. The molecule has 11 heavy (non-hydrogen) atoms. The zero-order valence-corrected chi connectivity index (χ0v) is 6.66. The molecule has 0 spiro atoms. The van der Waals surface area contributed by atoms with Gasteiger partial charge in [0.15, 0.2) is 0 Å². The van der Waals surface area contributed by atoms with Crippen molar-refractivity contribution in [2.45, 2.75) is 19.8 Å². The maximum Gasteiger partial charge on any atom is 0.103 e. The molecule has 0 radical (unpaired) electrons. The van der Waals surface area contributed by atoms with Gasteiger partial charge in [-0.3, -0.25) is 0 Å². The summed E-state index contributed by atoms with van der Waals surface area (Å²) >= 11 is 0. The van der Waals surface area contributed by atoms with Gasteiger partial charge in [0.1, 0.15) is 6.23 Å². The van der Waals surface area contributed by atoms with Crippen LogP contribution < -0.4 is 5.73 Å². The Hall–Kier alpha value is -0.860. The van der Waals surface area contributed by atoms with Crippen LogP contribution in [0.4, 0.5) is 0 Å². The zero-order valence-electron chi connectivity index (χ0n) is 6.66. The van der Waals surface area contributed by atoms with Crippen LogP contribution in [-0.2, 0) is 11.3 Å². The lowest BCUT2D eigenvalue weighted by molar-refractivity contribution is 0.0577. The largest absolute Gasteiger partial charge is 0.359 e. The van der Waals surface area contributed by atoms with Crippen molar-refractivity contribution >= 4 is 0 Å². The molecule has 1 rings (SSSR count). The van der Waals surface area contributed by atoms with Gasteiger partial charge in [0.25, 0.3) is 0 Å². The Morgan fingerprint density at radius 1 is 1.36 bits per heavy atom. The quantitative estimate of drug-likeness (QED) is 0.664. The number of rotatable bonds is 3. The van der Waals surface area contributed by atoms with Crippen molar-refractivity contribution in [3.8, 4) is 0 Å². The minimum absolute atomic E-state index is 0.185. The lowest BCUT2D eigenvalue weighted by Gasteiger charge is -2.06. The van der Waals surface area contributed by atoms with E-state index >= 15 is 0 Å². The number of hydrogen-bond acceptors (Lipinski definition) is 2. The monoisotopic (exact) mass is 151 g/mol. The highest BCUT2D eigenvalue weighted by Crippen LogP contribution is 2.00. The number of nitrogens with two attached hydrogens (primary N) is 1. The van der Waals surface area contributed by atoms with E-state index in [1.165, 1.54) is 0 Å². The fourth-order valence-electron chi connectivity index (χ4n) is 0.802. The van der Waals surface area contributed by atoms with E-state index < -0.39 is 0 Å². The van der Waals surface area contributed by atoms with Gasteiger partial charge in [-0.15, -0.1) is 0 Å². The second-order valence-electron chi connectivity index (χ2n) is 2.50. The Balaban J connectivity index is 2.39. The number of benzene rings is 1. The van der Waals surface area contributed by atoms with Crippen LogP contribution in [0, 0.1) is 0 Å². The van der Waals surface area contributed by atoms with Crippen LogP contribution in [0.1, 0.15) is 12.5 Å². The average Bonchev–Trinajstić information content (AvgIpc) is 2.03. The molecule has 0 aromatic heterocycles. The Morgan fingerprint density at radius 3 is 2.55 bits per heavy atom. The fourth-order valence-corrected chi connectivity index (χ4v) is 0.802. The first kappa shape index (κ1) is 8.24. The molecule has 0 aliphatic carbocycles. The summed E-state index contributed by atoms with van der Waals surface area (Å²) in [4.78, 5) is 0. The lowest BCUT2D eigenvalue weighted by Crippen LogP contribution is -2.18. The Bertz CT molecular complexity index is 196. The van der Waals surface area contributed by atoms with Crippen molar-refractivity contribution in [3.63, 3.8) is 0 Å². The second kappa shape index (κ2) is 4.11. The van der Waals surface area contributed by atoms with Crippen LogP contribution >= 0.6 is 0 Å². The second-order valence-corrected chi connectivity index (χ2v) is 2.50. The summed E-state index contributed by atoms with van der Waals surface area (Å²) in [6.45, 7) is 2.42. The first-order valence-corrected chi connectivity index (χ1v) is 3.70. The molecule has 2 N–H and O–H groups in total. The Labute approximate surface area is 67.0 Å². The van der Waals surface area contributed by atoms with Crippen LogP contribution in [0.15, 0.2) is 30.3 Å². The van der Waals surface area contributed by atoms with E-state index in [4.69, 9.17) is 10.5 Å². The van der Waals surface area contributed by atoms with Crippen LogP contribution in [-0.4, -0.2) is 6.23 Å². The minimum atomic E-state index is -0.185. The maximum atomic E-state index is 5.42. The lowest BCUT2D eigenvalue weighted by atomic mass is 10.2. The number of ether oxygens (including phenoxy) is 1. The molecule has 0 saturated heterocycles. The summed E-state index contributed by atoms with van der Waals surface area (Å²) in [7, 11) is 0. The van der Waals surface area contributed by atoms with Gasteiger partial charge in [0.2, 0.25) is 0 Å². The van der Waals surface area contributed by atoms with Gasteiger partial charge in [-0.1, -0.05) is 30.3 Å². The third kappa shape index (κ3) is 3.16. The van der Waals surface area contributed by atoms with Crippen LogP contribution in [0.5, 0.6) is 0 Å². The van der Waals surface area contributed by atoms with Crippen molar-refractivity contribution in [2.24, 2.45) is 5.73 Å². The fraction of sp³-hybridized carbons (Fsp3) is 0.333. The average molecular weight is 151 g/mol. The van der Waals surface area contributed by atoms with Gasteiger partial charge >= 0.3 is 0 Å². The normalized spacial score (nSPS) is 12.9. The summed E-state index contributed by atoms with van der Waals surface area (Å²) in [5.74, 6) is 0. The smallest absolute Gasteiger partial charge is 0.103 e. The molecule has 60 valence electrons. The molecule has 2 heteroatoms. The molecule has 1 aromatic rings. The summed E-state index contributed by atoms with van der Waals surface area (Å²) < 4.78 is 5.21. The predicted molar refractivity (Wildman–Crippen MR) is 44.9 cm³/mol. The molecule has 0 saturated carbocycles. The SMILES string of the molecule is C[C@H](N)OCc1ccccc1. The van der Waals surface area contributed by atoms with Crippen LogP contribution in [0.25, 0.3) is 0 Å². The molecule has 1 aromatic carbocycles. The van der Waals surface area contributed by atoms with Gasteiger partial charge in [0.05, 0.1) is 6.61 Å². The molecular formula is C9H13NO. The van der Waals surface area contributed by atoms with Crippen molar-refractivity contribution in [1.82, 2.24) is 0 Å². The summed E-state index contributed by atoms with van der Waals surface area (Å²) in [6, 6.07) is 9.99. The van der Waals surface area contributed by atoms with E-state index in [9.17, 15) is 0 Å². The minimum Gasteiger partial charge on any atom is -0.359 e. The number of hydrogen-bond donors (Lipinski definition) is 1. The summed E-state index contributed by atoms with van der Waals surface area (Å²) in [6.07, 6.45) is -0.185. The van der Waals surface area contributed by atoms with E-state index in [-0.39, 0.29) is 6.23 Å². The van der Waals surface area contributed by atoms with E-state index in [0.717, 1.165) is 5.56 Å². The maximum absolute atomic E-state index is 5.42. The molecule has 0 fully saturated rings. The Morgan fingerprint density at radius 2 is 2.00 bits per heavy atom. The molecule has 0 unspecified atom stereocenters. The van der Waals surface area contributed by atoms with E-state index in [1.807, 2.05) is 37.3 Å². The van der Waals surface area contributed by atoms with Gasteiger partial charge in [-0.2, -0.15) is 0 Å². The molecule has 2 nitrogen and oxygen atoms in total. The van der Waals surface area contributed by atoms with E-state index in [2.05, 4.69) is 0 Å². The molecule has 1 atom stereocenters. The van der Waals surface area contributed by atoms with Crippen LogP contribution in [0.3, 0.4) is 0 Å². The summed E-state index contributed by atoms with van der Waals surface area (Å²) in [5.41, 5.74) is 6.58.